The molecule has 1 aromatic rings. The third kappa shape index (κ3) is 2.81. The molecule has 1 rings (SSSR count). The number of rotatable bonds is 5. The molecule has 0 N–H and O–H groups in total. The highest BCUT2D eigenvalue weighted by molar-refractivity contribution is 6.08. The molecule has 2 nitrogen and oxygen atoms in total. The molecule has 0 fully saturated rings. The van der Waals surface area contributed by atoms with E-state index in [9.17, 15) is 4.79 Å². The molecule has 0 aliphatic carbocycles. The van der Waals surface area contributed by atoms with Crippen LogP contribution in [0.5, 0.6) is 5.75 Å². The van der Waals surface area contributed by atoms with Crippen LogP contribution in [0.15, 0.2) is 49.1 Å². The molecule has 0 saturated heterocycles. The van der Waals surface area contributed by atoms with Gasteiger partial charge in [0.05, 0.1) is 7.11 Å². The van der Waals surface area contributed by atoms with Gasteiger partial charge in [0.1, 0.15) is 5.75 Å². The molecule has 2 heteroatoms. The summed E-state index contributed by atoms with van der Waals surface area (Å²) in [5.41, 5.74) is 1.14. The first kappa shape index (κ1) is 11.2. The van der Waals surface area contributed by atoms with E-state index in [1.54, 1.807) is 37.5 Å². The van der Waals surface area contributed by atoms with Gasteiger partial charge < -0.3 is 4.74 Å². The fraction of sp³-hybridized carbons (Fsp3) is 0.154. The number of hydrogen-bond acceptors (Lipinski definition) is 2. The van der Waals surface area contributed by atoms with Crippen molar-refractivity contribution in [3.05, 3.63) is 54.6 Å². The van der Waals surface area contributed by atoms with Gasteiger partial charge in [0, 0.05) is 5.56 Å². The average Bonchev–Trinajstić information content (AvgIpc) is 2.28. The van der Waals surface area contributed by atoms with Crippen molar-refractivity contribution in [3.8, 4) is 5.75 Å². The van der Waals surface area contributed by atoms with Crippen LogP contribution in [-0.4, -0.2) is 12.9 Å². The normalized spacial score (nSPS) is 9.40. The largest absolute Gasteiger partial charge is 0.497 e. The third-order valence-corrected chi connectivity index (χ3v) is 2.04. The molecule has 0 aliphatic heterocycles. The van der Waals surface area contributed by atoms with Gasteiger partial charge in [-0.2, -0.15) is 0 Å². The zero-order chi connectivity index (χ0) is 11.3. The van der Waals surface area contributed by atoms with Gasteiger partial charge in [0.15, 0.2) is 5.78 Å². The molecule has 15 heavy (non-hydrogen) atoms. The van der Waals surface area contributed by atoms with Crippen LogP contribution in [-0.2, 0) is 0 Å². The molecule has 0 aromatic heterocycles. The summed E-state index contributed by atoms with van der Waals surface area (Å²) in [5, 5.41) is 0. The standard InChI is InChI=1S/C13H14O2/c1-4-6-10(2)13(14)11-7-5-8-12(9-11)15-3/h4-5,7-9H,1-2,6H2,3H3. The van der Waals surface area contributed by atoms with Crippen LogP contribution in [0.1, 0.15) is 16.8 Å². The van der Waals surface area contributed by atoms with Gasteiger partial charge in [-0.25, -0.2) is 0 Å². The molecule has 0 saturated carbocycles. The second-order valence-electron chi connectivity index (χ2n) is 3.16. The van der Waals surface area contributed by atoms with Crippen LogP contribution in [0.25, 0.3) is 0 Å². The highest BCUT2D eigenvalue weighted by atomic mass is 16.5. The molecule has 1 aromatic carbocycles. The van der Waals surface area contributed by atoms with Gasteiger partial charge in [-0.1, -0.05) is 24.8 Å². The summed E-state index contributed by atoms with van der Waals surface area (Å²) in [6, 6.07) is 7.04. The Morgan fingerprint density at radius 3 is 2.87 bits per heavy atom. The Hall–Kier alpha value is -1.83. The molecule has 78 valence electrons. The minimum Gasteiger partial charge on any atom is -0.497 e. The first-order chi connectivity index (χ1) is 7.19. The summed E-state index contributed by atoms with van der Waals surface area (Å²) in [6.45, 7) is 7.29. The van der Waals surface area contributed by atoms with Gasteiger partial charge in [-0.3, -0.25) is 4.79 Å². The van der Waals surface area contributed by atoms with Crippen LogP contribution in [0.4, 0.5) is 0 Å². The summed E-state index contributed by atoms with van der Waals surface area (Å²) >= 11 is 0. The maximum Gasteiger partial charge on any atom is 0.188 e. The SMILES string of the molecule is C=CCC(=C)C(=O)c1cccc(OC)c1. The van der Waals surface area contributed by atoms with Crippen molar-refractivity contribution < 1.29 is 9.53 Å². The molecule has 0 bridgehead atoms. The van der Waals surface area contributed by atoms with Gasteiger partial charge in [0.25, 0.3) is 0 Å². The molecule has 0 radical (unpaired) electrons. The van der Waals surface area contributed by atoms with Crippen molar-refractivity contribution in [1.29, 1.82) is 0 Å². The number of Topliss-reactive ketones (excluding diaryl/α,β-unsaturated/α-hetero) is 1. The Bertz CT molecular complexity index is 391. The first-order valence-electron chi connectivity index (χ1n) is 4.66. The summed E-state index contributed by atoms with van der Waals surface area (Å²) in [5.74, 6) is 0.612. The fourth-order valence-corrected chi connectivity index (χ4v) is 1.24. The molecule has 0 atom stereocenters. The van der Waals surface area contributed by atoms with Gasteiger partial charge >= 0.3 is 0 Å². The highest BCUT2D eigenvalue weighted by Gasteiger charge is 2.09. The van der Waals surface area contributed by atoms with Gasteiger partial charge in [0.2, 0.25) is 0 Å². The Kier molecular flexibility index (Phi) is 3.86. The molecular weight excluding hydrogens is 188 g/mol. The minimum absolute atomic E-state index is 0.0613. The molecule has 0 heterocycles. The van der Waals surface area contributed by atoms with E-state index in [2.05, 4.69) is 13.2 Å². The fourth-order valence-electron chi connectivity index (χ4n) is 1.24. The number of carbonyl (C=O) groups excluding carboxylic acids is 1. The van der Waals surface area contributed by atoms with E-state index in [-0.39, 0.29) is 5.78 Å². The number of carbonyl (C=O) groups is 1. The smallest absolute Gasteiger partial charge is 0.188 e. The van der Waals surface area contributed by atoms with Crippen molar-refractivity contribution in [3.63, 3.8) is 0 Å². The van der Waals surface area contributed by atoms with E-state index in [4.69, 9.17) is 4.74 Å². The monoisotopic (exact) mass is 202 g/mol. The summed E-state index contributed by atoms with van der Waals surface area (Å²) < 4.78 is 5.04. The molecule has 0 aliphatic rings. The van der Waals surface area contributed by atoms with Crippen LogP contribution < -0.4 is 4.74 Å². The Labute approximate surface area is 89.9 Å². The quantitative estimate of drug-likeness (QED) is 0.417. The predicted molar refractivity (Wildman–Crippen MR) is 61.3 cm³/mol. The topological polar surface area (TPSA) is 26.3 Å². The van der Waals surface area contributed by atoms with Crippen molar-refractivity contribution in [2.24, 2.45) is 0 Å². The van der Waals surface area contributed by atoms with Crippen LogP contribution in [0.2, 0.25) is 0 Å². The number of ketones is 1. The zero-order valence-electron chi connectivity index (χ0n) is 8.82. The lowest BCUT2D eigenvalue weighted by molar-refractivity contribution is 0.103. The Morgan fingerprint density at radius 2 is 2.27 bits per heavy atom. The molecule has 0 amide bonds. The Balaban J connectivity index is 2.90. The van der Waals surface area contributed by atoms with Crippen molar-refractivity contribution in [2.45, 2.75) is 6.42 Å². The van der Waals surface area contributed by atoms with Crippen LogP contribution in [0, 0.1) is 0 Å². The lowest BCUT2D eigenvalue weighted by atomic mass is 10.0. The van der Waals surface area contributed by atoms with E-state index < -0.39 is 0 Å². The van der Waals surface area contributed by atoms with E-state index in [0.717, 1.165) is 0 Å². The lowest BCUT2D eigenvalue weighted by Crippen LogP contribution is -2.01. The Morgan fingerprint density at radius 1 is 1.53 bits per heavy atom. The first-order valence-corrected chi connectivity index (χ1v) is 4.66. The number of allylic oxidation sites excluding steroid dienone is 2. The van der Waals surface area contributed by atoms with Crippen LogP contribution >= 0.6 is 0 Å². The maximum absolute atomic E-state index is 11.8. The second kappa shape index (κ2) is 5.15. The van der Waals surface area contributed by atoms with Crippen molar-refractivity contribution in [2.75, 3.05) is 7.11 Å². The van der Waals surface area contributed by atoms with E-state index in [0.29, 0.717) is 23.3 Å². The number of benzene rings is 1. The van der Waals surface area contributed by atoms with E-state index >= 15 is 0 Å². The number of ether oxygens (including phenoxy) is 1. The van der Waals surface area contributed by atoms with Crippen molar-refractivity contribution >= 4 is 5.78 Å². The third-order valence-electron chi connectivity index (χ3n) is 2.04. The lowest BCUT2D eigenvalue weighted by Gasteiger charge is -2.04. The van der Waals surface area contributed by atoms with Gasteiger partial charge in [-0.15, -0.1) is 6.58 Å². The summed E-state index contributed by atoms with van der Waals surface area (Å²) in [6.07, 6.45) is 2.18. The van der Waals surface area contributed by atoms with Crippen LogP contribution in [0.3, 0.4) is 0 Å². The maximum atomic E-state index is 11.8. The summed E-state index contributed by atoms with van der Waals surface area (Å²) in [4.78, 5) is 11.8. The highest BCUT2D eigenvalue weighted by Crippen LogP contribution is 2.16. The van der Waals surface area contributed by atoms with Crippen molar-refractivity contribution in [1.82, 2.24) is 0 Å². The number of methoxy groups -OCH3 is 1. The van der Waals surface area contributed by atoms with E-state index in [1.807, 2.05) is 0 Å². The number of hydrogen-bond donors (Lipinski definition) is 0. The van der Waals surface area contributed by atoms with Gasteiger partial charge in [-0.05, 0) is 24.1 Å². The molecular formula is C13H14O2. The molecule has 0 spiro atoms. The molecule has 0 unspecified atom stereocenters. The average molecular weight is 202 g/mol. The minimum atomic E-state index is -0.0613. The second-order valence-corrected chi connectivity index (χ2v) is 3.16. The predicted octanol–water partition coefficient (Wildman–Crippen LogP) is 3.01. The zero-order valence-corrected chi connectivity index (χ0v) is 8.82. The van der Waals surface area contributed by atoms with E-state index in [1.165, 1.54) is 0 Å². The summed E-state index contributed by atoms with van der Waals surface area (Å²) in [7, 11) is 1.57.